The molecular weight excluding hydrogens is 276 g/mol. The zero-order valence-electron chi connectivity index (χ0n) is 9.76. The summed E-state index contributed by atoms with van der Waals surface area (Å²) in [5.41, 5.74) is 1.04. The Hall–Kier alpha value is -2.02. The van der Waals surface area contributed by atoms with Crippen LogP contribution in [0.25, 0.3) is 10.4 Å². The van der Waals surface area contributed by atoms with Gasteiger partial charge in [0.1, 0.15) is 5.75 Å². The third-order valence-corrected chi connectivity index (χ3v) is 3.25. The van der Waals surface area contributed by atoms with Gasteiger partial charge in [-0.05, 0) is 42.7 Å². The first-order chi connectivity index (χ1) is 8.97. The Morgan fingerprint density at radius 3 is 2.68 bits per heavy atom. The number of aromatic carboxylic acids is 1. The highest BCUT2D eigenvalue weighted by molar-refractivity contribution is 7.09. The molecule has 1 aromatic carbocycles. The summed E-state index contributed by atoms with van der Waals surface area (Å²) in [7, 11) is 0. The Kier molecular flexibility index (Phi) is 3.75. The molecule has 0 fully saturated rings. The summed E-state index contributed by atoms with van der Waals surface area (Å²) in [4.78, 5) is 11.5. The van der Waals surface area contributed by atoms with Crippen molar-refractivity contribution < 1.29 is 23.4 Å². The van der Waals surface area contributed by atoms with Crippen molar-refractivity contribution in [2.24, 2.45) is 0 Å². The van der Waals surface area contributed by atoms with Crippen molar-refractivity contribution in [1.29, 1.82) is 0 Å². The van der Waals surface area contributed by atoms with E-state index < -0.39 is 12.6 Å². The summed E-state index contributed by atoms with van der Waals surface area (Å²) in [6.07, 6.45) is 0. The van der Waals surface area contributed by atoms with Gasteiger partial charge in [0.25, 0.3) is 0 Å². The minimum atomic E-state index is -3.02. The molecule has 0 amide bonds. The molecule has 19 heavy (non-hydrogen) atoms. The number of carbonyl (C=O) groups is 1. The van der Waals surface area contributed by atoms with E-state index >= 15 is 0 Å². The van der Waals surface area contributed by atoms with Gasteiger partial charge in [0, 0.05) is 5.56 Å². The maximum atomic E-state index is 12.4. The van der Waals surface area contributed by atoms with Crippen LogP contribution in [0.4, 0.5) is 8.78 Å². The number of aromatic nitrogens is 1. The highest BCUT2D eigenvalue weighted by Crippen LogP contribution is 2.34. The standard InChI is InChI=1S/C12H9F2NO3S/c1-6-4-10(19-15-6)8-3-2-7(11(16)17)5-9(8)18-12(13)14/h2-5,12H,1H3,(H,16,17). The first-order valence-electron chi connectivity index (χ1n) is 5.23. The molecule has 0 bridgehead atoms. The number of hydrogen-bond acceptors (Lipinski definition) is 4. The van der Waals surface area contributed by atoms with Crippen LogP contribution in [0.5, 0.6) is 5.75 Å². The van der Waals surface area contributed by atoms with Gasteiger partial charge in [0.2, 0.25) is 0 Å². The number of ether oxygens (including phenoxy) is 1. The molecule has 1 aromatic heterocycles. The molecule has 0 radical (unpaired) electrons. The van der Waals surface area contributed by atoms with Gasteiger partial charge in [0.05, 0.1) is 16.1 Å². The highest BCUT2D eigenvalue weighted by atomic mass is 32.1. The molecular formula is C12H9F2NO3S. The van der Waals surface area contributed by atoms with E-state index in [1.165, 1.54) is 12.1 Å². The van der Waals surface area contributed by atoms with Gasteiger partial charge in [-0.25, -0.2) is 4.79 Å². The molecule has 7 heteroatoms. The Morgan fingerprint density at radius 1 is 1.42 bits per heavy atom. The lowest BCUT2D eigenvalue weighted by atomic mass is 10.1. The van der Waals surface area contributed by atoms with Crippen molar-refractivity contribution >= 4 is 17.5 Å². The number of halogens is 2. The zero-order valence-corrected chi connectivity index (χ0v) is 10.6. The fraction of sp³-hybridized carbons (Fsp3) is 0.167. The van der Waals surface area contributed by atoms with Crippen LogP contribution >= 0.6 is 11.5 Å². The predicted octanol–water partition coefficient (Wildman–Crippen LogP) is 3.42. The third-order valence-electron chi connectivity index (χ3n) is 2.34. The molecule has 0 saturated carbocycles. The second-order valence-electron chi connectivity index (χ2n) is 3.73. The molecule has 2 aromatic rings. The summed E-state index contributed by atoms with van der Waals surface area (Å²) in [5.74, 6) is -1.37. The molecule has 4 nitrogen and oxygen atoms in total. The highest BCUT2D eigenvalue weighted by Gasteiger charge is 2.16. The van der Waals surface area contributed by atoms with E-state index in [0.29, 0.717) is 10.4 Å². The Bertz CT molecular complexity index is 613. The predicted molar refractivity (Wildman–Crippen MR) is 65.9 cm³/mol. The second kappa shape index (κ2) is 5.31. The number of carboxylic acid groups (broad SMARTS) is 1. The van der Waals surface area contributed by atoms with Crippen molar-refractivity contribution in [2.45, 2.75) is 13.5 Å². The number of benzene rings is 1. The lowest BCUT2D eigenvalue weighted by Gasteiger charge is -2.10. The fourth-order valence-corrected chi connectivity index (χ4v) is 2.33. The molecule has 0 spiro atoms. The Labute approximate surface area is 111 Å². The van der Waals surface area contributed by atoms with Crippen molar-refractivity contribution in [3.8, 4) is 16.2 Å². The molecule has 0 aliphatic carbocycles. The van der Waals surface area contributed by atoms with Crippen molar-refractivity contribution in [3.63, 3.8) is 0 Å². The maximum Gasteiger partial charge on any atom is 0.387 e. The minimum absolute atomic E-state index is 0.111. The molecule has 0 aliphatic heterocycles. The monoisotopic (exact) mass is 285 g/mol. The Morgan fingerprint density at radius 2 is 2.16 bits per heavy atom. The number of carboxylic acids is 1. The molecule has 1 N–H and O–H groups in total. The lowest BCUT2D eigenvalue weighted by molar-refractivity contribution is -0.0495. The van der Waals surface area contributed by atoms with E-state index in [4.69, 9.17) is 5.11 Å². The second-order valence-corrected chi connectivity index (χ2v) is 4.53. The Balaban J connectivity index is 2.50. The van der Waals surface area contributed by atoms with Gasteiger partial charge < -0.3 is 9.84 Å². The minimum Gasteiger partial charge on any atom is -0.478 e. The van der Waals surface area contributed by atoms with E-state index in [2.05, 4.69) is 9.11 Å². The van der Waals surface area contributed by atoms with Gasteiger partial charge in [-0.3, -0.25) is 0 Å². The number of hydrogen-bond donors (Lipinski definition) is 1. The smallest absolute Gasteiger partial charge is 0.387 e. The van der Waals surface area contributed by atoms with Gasteiger partial charge in [-0.2, -0.15) is 13.2 Å². The quantitative estimate of drug-likeness (QED) is 0.935. The average Bonchev–Trinajstić information content (AvgIpc) is 2.74. The largest absolute Gasteiger partial charge is 0.478 e. The van der Waals surface area contributed by atoms with E-state index in [-0.39, 0.29) is 11.3 Å². The third kappa shape index (κ3) is 3.05. The summed E-state index contributed by atoms with van der Waals surface area (Å²) >= 11 is 1.14. The SMILES string of the molecule is Cc1cc(-c2ccc(C(=O)O)cc2OC(F)F)sn1. The normalized spacial score (nSPS) is 10.7. The first-order valence-corrected chi connectivity index (χ1v) is 6.00. The molecule has 0 aliphatic rings. The van der Waals surface area contributed by atoms with Gasteiger partial charge >= 0.3 is 12.6 Å². The summed E-state index contributed by atoms with van der Waals surface area (Å²) in [6, 6.07) is 5.58. The molecule has 100 valence electrons. The van der Waals surface area contributed by atoms with E-state index in [9.17, 15) is 13.6 Å². The summed E-state index contributed by atoms with van der Waals surface area (Å²) < 4.78 is 33.2. The van der Waals surface area contributed by atoms with Crippen LogP contribution in [0.2, 0.25) is 0 Å². The summed E-state index contributed by atoms with van der Waals surface area (Å²) in [6.45, 7) is -1.24. The van der Waals surface area contributed by atoms with Crippen LogP contribution in [-0.4, -0.2) is 22.1 Å². The van der Waals surface area contributed by atoms with Crippen LogP contribution in [0.3, 0.4) is 0 Å². The average molecular weight is 285 g/mol. The van der Waals surface area contributed by atoms with E-state index in [1.807, 2.05) is 0 Å². The molecule has 0 unspecified atom stereocenters. The topological polar surface area (TPSA) is 59.4 Å². The number of rotatable bonds is 4. The van der Waals surface area contributed by atoms with Crippen molar-refractivity contribution in [2.75, 3.05) is 0 Å². The van der Waals surface area contributed by atoms with Gasteiger partial charge in [0.15, 0.2) is 0 Å². The first kappa shape index (κ1) is 13.4. The van der Waals surface area contributed by atoms with Gasteiger partial charge in [-0.15, -0.1) is 0 Å². The molecule has 0 saturated heterocycles. The van der Waals surface area contributed by atoms with Crippen molar-refractivity contribution in [3.05, 3.63) is 35.5 Å². The van der Waals surface area contributed by atoms with Crippen LogP contribution in [-0.2, 0) is 0 Å². The van der Waals surface area contributed by atoms with Crippen LogP contribution in [0, 0.1) is 6.92 Å². The molecule has 0 atom stereocenters. The number of aryl methyl sites for hydroxylation is 1. The fourth-order valence-electron chi connectivity index (χ4n) is 1.54. The van der Waals surface area contributed by atoms with Crippen molar-refractivity contribution in [1.82, 2.24) is 4.37 Å². The van der Waals surface area contributed by atoms with Crippen LogP contribution < -0.4 is 4.74 Å². The van der Waals surface area contributed by atoms with Crippen LogP contribution in [0.1, 0.15) is 16.1 Å². The van der Waals surface area contributed by atoms with Crippen LogP contribution in [0.15, 0.2) is 24.3 Å². The molecule has 1 heterocycles. The summed E-state index contributed by atoms with van der Waals surface area (Å²) in [5, 5.41) is 8.86. The van der Waals surface area contributed by atoms with E-state index in [0.717, 1.165) is 23.3 Å². The maximum absolute atomic E-state index is 12.4. The van der Waals surface area contributed by atoms with Gasteiger partial charge in [-0.1, -0.05) is 0 Å². The number of nitrogens with zero attached hydrogens (tertiary/aromatic N) is 1. The molecule has 2 rings (SSSR count). The zero-order chi connectivity index (χ0) is 14.0. The van der Waals surface area contributed by atoms with E-state index in [1.54, 1.807) is 13.0 Å². The number of alkyl halides is 2. The lowest BCUT2D eigenvalue weighted by Crippen LogP contribution is -2.05.